The first-order valence-electron chi connectivity index (χ1n) is 21.3. The molecule has 1 aliphatic carbocycles. The van der Waals surface area contributed by atoms with Crippen molar-refractivity contribution in [2.75, 3.05) is 4.81 Å². The van der Waals surface area contributed by atoms with Gasteiger partial charge in [0.05, 0.1) is 11.0 Å². The Morgan fingerprint density at radius 3 is 2.08 bits per heavy atom. The molecule has 0 atom stereocenters. The van der Waals surface area contributed by atoms with E-state index < -0.39 is 0 Å². The molecule has 4 heterocycles. The lowest BCUT2D eigenvalue weighted by atomic mass is 9.43. The number of aryl methyl sites for hydroxylation is 1. The van der Waals surface area contributed by atoms with Crippen molar-refractivity contribution in [2.45, 2.75) is 58.3 Å². The lowest BCUT2D eigenvalue weighted by molar-refractivity contribution is 0.332. The van der Waals surface area contributed by atoms with Crippen LogP contribution in [0.2, 0.25) is 0 Å². The molecular weight excluding hydrogens is 731 g/mol. The zero-order chi connectivity index (χ0) is 39.5. The molecule has 0 saturated carbocycles. The van der Waals surface area contributed by atoms with Gasteiger partial charge in [0.1, 0.15) is 0 Å². The van der Waals surface area contributed by atoms with Gasteiger partial charge in [0.25, 0.3) is 0 Å². The van der Waals surface area contributed by atoms with E-state index in [1.165, 1.54) is 133 Å². The summed E-state index contributed by atoms with van der Waals surface area (Å²) in [6.45, 7) is 12.2. The number of fused-ring (bicyclic) bond motifs is 13. The number of nitrogens with zero attached hydrogens (tertiary/aromatic N) is 2. The van der Waals surface area contributed by atoms with Gasteiger partial charge < -0.3 is 9.38 Å². The van der Waals surface area contributed by atoms with E-state index in [9.17, 15) is 0 Å². The molecule has 8 aromatic carbocycles. The lowest BCUT2D eigenvalue weighted by Gasteiger charge is -2.46. The maximum absolute atomic E-state index is 2.77. The van der Waals surface area contributed by atoms with E-state index in [0.29, 0.717) is 0 Å². The van der Waals surface area contributed by atoms with Crippen molar-refractivity contribution < 1.29 is 0 Å². The van der Waals surface area contributed by atoms with Crippen LogP contribution in [0, 0.1) is 6.92 Å². The molecule has 0 unspecified atom stereocenters. The smallest absolute Gasteiger partial charge is 0.333 e. The molecule has 0 spiro atoms. The summed E-state index contributed by atoms with van der Waals surface area (Å²) in [6, 6.07) is 55.9. The highest BCUT2D eigenvalue weighted by Crippen LogP contribution is 2.54. The second kappa shape index (κ2) is 11.6. The third kappa shape index (κ3) is 4.48. The molecule has 4 heteroatoms. The van der Waals surface area contributed by atoms with Crippen LogP contribution in [0.1, 0.15) is 57.2 Å². The number of thiophene rings is 1. The van der Waals surface area contributed by atoms with Crippen LogP contribution in [0.4, 0.5) is 11.4 Å². The van der Waals surface area contributed by atoms with Crippen LogP contribution >= 0.6 is 11.3 Å². The van der Waals surface area contributed by atoms with Crippen LogP contribution in [0.5, 0.6) is 0 Å². The molecule has 0 radical (unpaired) electrons. The van der Waals surface area contributed by atoms with Crippen LogP contribution in [0.3, 0.4) is 0 Å². The number of rotatable bonds is 2. The molecule has 59 heavy (non-hydrogen) atoms. The first-order chi connectivity index (χ1) is 28.7. The Morgan fingerprint density at radius 1 is 0.559 bits per heavy atom. The molecule has 0 bridgehead atoms. The average Bonchev–Trinajstić information content (AvgIpc) is 3.79. The van der Waals surface area contributed by atoms with Crippen LogP contribution < -0.4 is 15.7 Å². The molecule has 2 nitrogen and oxygen atoms in total. The molecule has 0 N–H and O–H groups in total. The summed E-state index contributed by atoms with van der Waals surface area (Å²) in [5, 5.41) is 7.84. The highest BCUT2D eigenvalue weighted by molar-refractivity contribution is 7.26. The Labute approximate surface area is 349 Å². The van der Waals surface area contributed by atoms with Crippen LogP contribution in [0.25, 0.3) is 80.7 Å². The van der Waals surface area contributed by atoms with E-state index in [4.69, 9.17) is 0 Å². The van der Waals surface area contributed by atoms with Crippen LogP contribution in [-0.4, -0.2) is 11.4 Å². The summed E-state index contributed by atoms with van der Waals surface area (Å²) in [4.78, 5) is 2.77. The Bertz CT molecular complexity index is 3470. The zero-order valence-corrected chi connectivity index (χ0v) is 35.0. The van der Waals surface area contributed by atoms with Gasteiger partial charge in [-0.15, -0.1) is 11.3 Å². The predicted octanol–water partition coefficient (Wildman–Crippen LogP) is 13.9. The standard InChI is InChI=1S/C55H43BN2S/c1-32-26-42-43(55(4,5)25-24-54(42,2)3)31-46(32)58-45-23-22-39-37-18-11-12-21-49(37)59-53(39)50(45)41-28-36(33-14-7-6-8-15-33)30-48-51(41)56(58)44-20-13-19-38-40-27-34-16-9-10-17-35(34)29-47(40)57(48)52(38)44/h6-23,26-31H,24-25H2,1-5H3. The van der Waals surface area contributed by atoms with E-state index in [1.54, 1.807) is 0 Å². The molecule has 2 aromatic heterocycles. The number of hydrogen-bond donors (Lipinski definition) is 0. The molecule has 3 aliphatic rings. The van der Waals surface area contributed by atoms with Crippen molar-refractivity contribution in [2.24, 2.45) is 0 Å². The first-order valence-corrected chi connectivity index (χ1v) is 22.1. The van der Waals surface area contributed by atoms with Gasteiger partial charge in [-0.1, -0.05) is 131 Å². The van der Waals surface area contributed by atoms with E-state index in [-0.39, 0.29) is 17.7 Å². The number of para-hydroxylation sites is 1. The maximum atomic E-state index is 2.77. The van der Waals surface area contributed by atoms with Gasteiger partial charge >= 0.3 is 6.85 Å². The fourth-order valence-corrected chi connectivity index (χ4v) is 12.7. The molecule has 0 amide bonds. The topological polar surface area (TPSA) is 8.17 Å². The second-order valence-corrected chi connectivity index (χ2v) is 19.8. The molecular formula is C55H43BN2S. The van der Waals surface area contributed by atoms with Gasteiger partial charge in [-0.05, 0) is 128 Å². The van der Waals surface area contributed by atoms with Crippen molar-refractivity contribution in [1.29, 1.82) is 0 Å². The lowest BCUT2D eigenvalue weighted by Crippen LogP contribution is -2.60. The fraction of sp³-hybridized carbons (Fsp3) is 0.164. The van der Waals surface area contributed by atoms with Gasteiger partial charge in [0.2, 0.25) is 0 Å². The van der Waals surface area contributed by atoms with E-state index in [2.05, 4.69) is 190 Å². The van der Waals surface area contributed by atoms with E-state index >= 15 is 0 Å². The Balaban J connectivity index is 1.23. The van der Waals surface area contributed by atoms with Crippen molar-refractivity contribution in [3.05, 3.63) is 162 Å². The summed E-state index contributed by atoms with van der Waals surface area (Å²) in [7, 11) is 0. The molecule has 13 rings (SSSR count). The molecule has 0 fully saturated rings. The van der Waals surface area contributed by atoms with Gasteiger partial charge in [-0.3, -0.25) is 0 Å². The Morgan fingerprint density at radius 2 is 1.27 bits per heavy atom. The SMILES string of the molecule is Cc1cc2c(cc1N1B3c4c(cc(-c5ccccc5)cc4-n4c5cc6ccccc6cc5c5cccc3c54)-c3c1ccc1c3sc3ccccc31)C(C)(C)CCC2(C)C. The van der Waals surface area contributed by atoms with Crippen molar-refractivity contribution in [1.82, 2.24) is 4.57 Å². The first kappa shape index (κ1) is 33.8. The summed E-state index contributed by atoms with van der Waals surface area (Å²) < 4.78 is 5.33. The third-order valence-electron chi connectivity index (χ3n) is 14.5. The number of aromatic nitrogens is 1. The van der Waals surface area contributed by atoms with Crippen molar-refractivity contribution in [3.8, 4) is 27.9 Å². The van der Waals surface area contributed by atoms with Gasteiger partial charge in [0, 0.05) is 53.6 Å². The Hall–Kier alpha value is -6.10. The summed E-state index contributed by atoms with van der Waals surface area (Å²) in [5.74, 6) is 0. The molecule has 282 valence electrons. The number of hydrogen-bond acceptors (Lipinski definition) is 2. The van der Waals surface area contributed by atoms with E-state index in [0.717, 1.165) is 0 Å². The van der Waals surface area contributed by atoms with Crippen molar-refractivity contribution in [3.63, 3.8) is 0 Å². The highest BCUT2D eigenvalue weighted by atomic mass is 32.1. The number of anilines is 2. The van der Waals surface area contributed by atoms with Gasteiger partial charge in [-0.25, -0.2) is 0 Å². The minimum Gasteiger partial charge on any atom is -0.376 e. The monoisotopic (exact) mass is 774 g/mol. The average molecular weight is 775 g/mol. The quantitative estimate of drug-likeness (QED) is 0.159. The van der Waals surface area contributed by atoms with Gasteiger partial charge in [-0.2, -0.15) is 0 Å². The summed E-state index contributed by atoms with van der Waals surface area (Å²) in [6.07, 6.45) is 2.38. The summed E-state index contributed by atoms with van der Waals surface area (Å²) >= 11 is 1.95. The largest absolute Gasteiger partial charge is 0.376 e. The number of benzene rings is 8. The predicted molar refractivity (Wildman–Crippen MR) is 256 cm³/mol. The second-order valence-electron chi connectivity index (χ2n) is 18.8. The van der Waals surface area contributed by atoms with Crippen LogP contribution in [0.15, 0.2) is 146 Å². The third-order valence-corrected chi connectivity index (χ3v) is 15.7. The maximum Gasteiger partial charge on any atom is 0.333 e. The zero-order valence-electron chi connectivity index (χ0n) is 34.2. The fourth-order valence-electron chi connectivity index (χ4n) is 11.4. The molecule has 2 aliphatic heterocycles. The highest BCUT2D eigenvalue weighted by Gasteiger charge is 2.46. The van der Waals surface area contributed by atoms with Gasteiger partial charge in [0.15, 0.2) is 0 Å². The van der Waals surface area contributed by atoms with E-state index in [1.807, 2.05) is 11.3 Å². The van der Waals surface area contributed by atoms with Crippen molar-refractivity contribution >= 4 is 93.2 Å². The minimum absolute atomic E-state index is 0.0319. The molecule has 0 saturated heterocycles. The normalized spacial score (nSPS) is 15.9. The molecule has 10 aromatic rings. The minimum atomic E-state index is -0.0319. The summed E-state index contributed by atoms with van der Waals surface area (Å²) in [5.41, 5.74) is 19.0. The van der Waals surface area contributed by atoms with Crippen LogP contribution in [-0.2, 0) is 10.8 Å². The Kier molecular flexibility index (Phi) is 6.62.